The van der Waals surface area contributed by atoms with Gasteiger partial charge in [-0.2, -0.15) is 0 Å². The smallest absolute Gasteiger partial charge is 0.410 e. The number of nitrogens with one attached hydrogen (secondary N) is 1. The molecule has 0 aromatic rings. The van der Waals surface area contributed by atoms with Gasteiger partial charge in [0.1, 0.15) is 21.2 Å². The first-order valence-electron chi connectivity index (χ1n) is 36.2. The van der Waals surface area contributed by atoms with E-state index < -0.39 is 9.84 Å². The van der Waals surface area contributed by atoms with Gasteiger partial charge in [0.05, 0.1) is 37.7 Å². The lowest BCUT2D eigenvalue weighted by Gasteiger charge is -2.36. The van der Waals surface area contributed by atoms with Crippen molar-refractivity contribution in [3.63, 3.8) is 0 Å². The second-order valence-corrected chi connectivity index (χ2v) is 39.1. The molecule has 550 valence electrons. The maximum Gasteiger partial charge on any atom is 0.410 e. The number of rotatable bonds is 22. The van der Waals surface area contributed by atoms with Crippen LogP contribution in [-0.2, 0) is 28.9 Å². The predicted octanol–water partition coefficient (Wildman–Crippen LogP) is 20.1. The van der Waals surface area contributed by atoms with E-state index in [1.54, 1.807) is 6.92 Å². The fourth-order valence-electron chi connectivity index (χ4n) is 12.2. The molecule has 0 aliphatic carbocycles. The summed E-state index contributed by atoms with van der Waals surface area (Å²) in [4.78, 5) is 38.9. The van der Waals surface area contributed by atoms with E-state index in [0.717, 1.165) is 110 Å². The number of amides is 2. The largest absolute Gasteiger partial charge is 0.441 e. The Morgan fingerprint density at radius 3 is 1.10 bits per heavy atom. The van der Waals surface area contributed by atoms with Crippen LogP contribution >= 0.6 is 0 Å². The minimum Gasteiger partial charge on any atom is -0.441 e. The number of aliphatic hydroxyl groups excluding tert-OH is 2. The van der Waals surface area contributed by atoms with Crippen molar-refractivity contribution >= 4 is 27.6 Å². The SMILES string of the molecule is CCC(C(=O)NCC(C)(C)C)C(C)(C)C.CCC(CC(C)=O)C(C)(C)C.CCC(CC(C)O)C(C)(C)C.CCC(CC(C)O)C(C)(C)C.CCC(CCS(C)(=O)=O)C(C)(C)C.CCC(CN1CC(C)(C)OC1=O)C(C)(C)C.CCC(CN1CCOCC1)C(C)(C)C. The summed E-state index contributed by atoms with van der Waals surface area (Å²) in [6, 6.07) is 0. The summed E-state index contributed by atoms with van der Waals surface area (Å²) in [6.45, 7) is 85.2. The molecule has 0 spiro atoms. The maximum absolute atomic E-state index is 12.0. The third-order valence-electron chi connectivity index (χ3n) is 18.7. The number of ether oxygens (including phenoxy) is 2. The number of carbonyl (C=O) groups excluding carboxylic acids is 3. The van der Waals surface area contributed by atoms with Crippen LogP contribution in [-0.4, -0.2) is 129 Å². The molecule has 2 fully saturated rings. The first-order valence-corrected chi connectivity index (χ1v) is 38.2. The van der Waals surface area contributed by atoms with Gasteiger partial charge in [0, 0.05) is 51.3 Å². The van der Waals surface area contributed by atoms with Gasteiger partial charge in [0.2, 0.25) is 5.91 Å². The Hall–Kier alpha value is -1.80. The van der Waals surface area contributed by atoms with Crippen LogP contribution in [0.1, 0.15) is 320 Å². The van der Waals surface area contributed by atoms with Crippen molar-refractivity contribution in [2.24, 2.45) is 84.7 Å². The van der Waals surface area contributed by atoms with Crippen LogP contribution in [0.15, 0.2) is 0 Å². The van der Waals surface area contributed by atoms with Crippen LogP contribution in [0.5, 0.6) is 0 Å². The summed E-state index contributed by atoms with van der Waals surface area (Å²) >= 11 is 0. The van der Waals surface area contributed by atoms with E-state index in [0.29, 0.717) is 63.9 Å². The highest BCUT2D eigenvalue weighted by molar-refractivity contribution is 7.90. The molecule has 9 atom stereocenters. The van der Waals surface area contributed by atoms with Gasteiger partial charge in [0.15, 0.2) is 0 Å². The summed E-state index contributed by atoms with van der Waals surface area (Å²) in [6.07, 6.45) is 12.0. The molecule has 0 aromatic heterocycles. The summed E-state index contributed by atoms with van der Waals surface area (Å²) < 4.78 is 32.6. The monoisotopic (exact) mass is 1320 g/mol. The molecular formula is C78H163N3O9S. The molecule has 2 amide bonds. The van der Waals surface area contributed by atoms with E-state index in [1.807, 2.05) is 32.6 Å². The first kappa shape index (κ1) is 97.9. The molecule has 2 aliphatic rings. The van der Waals surface area contributed by atoms with Crippen LogP contribution in [0.2, 0.25) is 0 Å². The molecule has 0 radical (unpaired) electrons. The molecule has 2 saturated heterocycles. The van der Waals surface area contributed by atoms with Crippen molar-refractivity contribution in [1.82, 2.24) is 15.1 Å². The highest BCUT2D eigenvalue weighted by Gasteiger charge is 2.40. The van der Waals surface area contributed by atoms with E-state index in [4.69, 9.17) is 9.47 Å². The van der Waals surface area contributed by atoms with E-state index >= 15 is 0 Å². The zero-order valence-electron chi connectivity index (χ0n) is 67.9. The number of hydrogen-bond donors (Lipinski definition) is 3. The van der Waals surface area contributed by atoms with Gasteiger partial charge in [-0.05, 0) is 139 Å². The van der Waals surface area contributed by atoms with Crippen molar-refractivity contribution in [2.45, 2.75) is 338 Å². The van der Waals surface area contributed by atoms with Crippen LogP contribution in [0.4, 0.5) is 4.79 Å². The van der Waals surface area contributed by atoms with Crippen molar-refractivity contribution in [1.29, 1.82) is 0 Å². The lowest BCUT2D eigenvalue weighted by atomic mass is 9.76. The number of nitrogens with zero attached hydrogens (tertiary/aromatic N) is 2. The van der Waals surface area contributed by atoms with Crippen LogP contribution < -0.4 is 5.32 Å². The van der Waals surface area contributed by atoms with Gasteiger partial charge >= 0.3 is 6.09 Å². The predicted molar refractivity (Wildman–Crippen MR) is 397 cm³/mol. The summed E-state index contributed by atoms with van der Waals surface area (Å²) in [7, 11) is -2.79. The molecule has 9 unspecified atom stereocenters. The van der Waals surface area contributed by atoms with Gasteiger partial charge in [-0.3, -0.25) is 9.69 Å². The highest BCUT2D eigenvalue weighted by atomic mass is 32.2. The Morgan fingerprint density at radius 1 is 0.538 bits per heavy atom. The number of cyclic esters (lactones) is 1. The first-order chi connectivity index (χ1) is 40.6. The number of hydrogen-bond acceptors (Lipinski definition) is 10. The fraction of sp³-hybridized carbons (Fsp3) is 0.962. The lowest BCUT2D eigenvalue weighted by molar-refractivity contribution is -0.128. The third-order valence-corrected chi connectivity index (χ3v) is 19.7. The second kappa shape index (κ2) is 44.2. The van der Waals surface area contributed by atoms with Crippen molar-refractivity contribution in [3.05, 3.63) is 0 Å². The third kappa shape index (κ3) is 52.1. The van der Waals surface area contributed by atoms with Crippen molar-refractivity contribution in [3.8, 4) is 0 Å². The number of Topliss-reactive ketones (excluding diaryl/α,β-unsaturated/α-hetero) is 1. The molecular weight excluding hydrogens is 1150 g/mol. The Labute approximate surface area is 569 Å². The van der Waals surface area contributed by atoms with E-state index in [-0.39, 0.29) is 62.8 Å². The number of ketones is 1. The number of morpholine rings is 1. The Balaban J connectivity index is -0.000000318. The van der Waals surface area contributed by atoms with Gasteiger partial charge in [-0.1, -0.05) is 253 Å². The Kier molecular flexibility index (Phi) is 47.5. The minimum absolute atomic E-state index is 0.0523. The average molecular weight is 1320 g/mol. The molecule has 3 N–H and O–H groups in total. The topological polar surface area (TPSA) is 163 Å². The second-order valence-electron chi connectivity index (χ2n) is 36.8. The van der Waals surface area contributed by atoms with E-state index in [9.17, 15) is 33.0 Å². The van der Waals surface area contributed by atoms with E-state index in [1.165, 1.54) is 19.2 Å². The van der Waals surface area contributed by atoms with Gasteiger partial charge < -0.3 is 34.7 Å². The standard InChI is InChI=1S/C13H25NO2.C13H27NO.C12H25NO.C10H22O2S.2C10H22O.C10H20O/c1-7-10(12(2,3)4)8-14-9-13(5,6)16-11(14)15;1-8-10(13(5,6)7)11(15)14-9-12(2,3)4;1-5-11(12(2,3)4)10-13-6-8-14-9-7-13;1-6-9(10(2,3)4)7-8-13(5,11)12;3*1-6-9(7-8(2)11)10(3,4)5/h10H,7-9H2,1-6H3;10H,8-9H2,1-7H3,(H,14,15);11H,5-10H2,1-4H3;9H,6-8H2,1-5H3;2*8-9,11H,6-7H2,1-5H3;9H,6-7H2,1-5H3. The van der Waals surface area contributed by atoms with Gasteiger partial charge in [0.25, 0.3) is 0 Å². The van der Waals surface area contributed by atoms with Gasteiger partial charge in [-0.15, -0.1) is 0 Å². The molecule has 13 heteroatoms. The van der Waals surface area contributed by atoms with Crippen LogP contribution in [0.25, 0.3) is 0 Å². The van der Waals surface area contributed by atoms with E-state index in [2.05, 4.69) is 225 Å². The minimum atomic E-state index is -2.79. The normalized spacial score (nSPS) is 18.1. The molecule has 0 bridgehead atoms. The molecule has 0 aromatic carbocycles. The Morgan fingerprint density at radius 2 is 0.879 bits per heavy atom. The quantitative estimate of drug-likeness (QED) is 0.0951. The fourth-order valence-corrected chi connectivity index (χ4v) is 12.9. The number of sulfone groups is 1. The molecule has 0 saturated carbocycles. The molecule has 2 heterocycles. The summed E-state index contributed by atoms with van der Waals surface area (Å²) in [5.41, 5.74) is 1.74. The number of carbonyl (C=O) groups is 3. The van der Waals surface area contributed by atoms with Crippen molar-refractivity contribution in [2.75, 3.05) is 64.5 Å². The van der Waals surface area contributed by atoms with Crippen molar-refractivity contribution < 1.29 is 42.5 Å². The van der Waals surface area contributed by atoms with Crippen LogP contribution in [0.3, 0.4) is 0 Å². The zero-order valence-corrected chi connectivity index (χ0v) is 68.7. The summed E-state index contributed by atoms with van der Waals surface area (Å²) in [5.74, 6) is 4.59. The molecule has 2 rings (SSSR count). The molecule has 12 nitrogen and oxygen atoms in total. The van der Waals surface area contributed by atoms with Crippen LogP contribution in [0, 0.1) is 84.7 Å². The van der Waals surface area contributed by atoms with Gasteiger partial charge in [-0.25, -0.2) is 13.2 Å². The molecule has 2 aliphatic heterocycles. The highest BCUT2D eigenvalue weighted by Crippen LogP contribution is 2.36. The Bertz CT molecular complexity index is 1960. The molecule has 91 heavy (non-hydrogen) atoms. The maximum atomic E-state index is 12.0. The average Bonchev–Trinajstić information content (AvgIpc) is 1.86. The summed E-state index contributed by atoms with van der Waals surface area (Å²) in [5, 5.41) is 21.5. The lowest BCUT2D eigenvalue weighted by Crippen LogP contribution is -2.41. The number of aliphatic hydroxyl groups is 2. The zero-order chi connectivity index (χ0) is 73.3.